The number of nitrogens with zero attached hydrogens (tertiary/aromatic N) is 2. The van der Waals surface area contributed by atoms with Crippen molar-refractivity contribution in [2.45, 2.75) is 44.3 Å². The molecular formula is C17H19ClF3N3O3. The Morgan fingerprint density at radius 2 is 1.93 bits per heavy atom. The van der Waals surface area contributed by atoms with E-state index in [0.717, 1.165) is 31.7 Å². The highest BCUT2D eigenvalue weighted by Gasteiger charge is 2.37. The maximum Gasteiger partial charge on any atom is 0.418 e. The number of nitro groups is 1. The molecule has 1 aliphatic carbocycles. The fraction of sp³-hybridized carbons (Fsp3) is 0.588. The van der Waals surface area contributed by atoms with E-state index in [0.29, 0.717) is 25.6 Å². The summed E-state index contributed by atoms with van der Waals surface area (Å²) in [5, 5.41) is 13.5. The molecule has 0 spiro atoms. The number of anilines is 1. The highest BCUT2D eigenvalue weighted by Crippen LogP contribution is 2.40. The van der Waals surface area contributed by atoms with Crippen molar-refractivity contribution in [3.8, 4) is 0 Å². The number of alkyl halides is 3. The minimum Gasteiger partial charge on any atom is -0.375 e. The monoisotopic (exact) mass is 405 g/mol. The molecule has 148 valence electrons. The van der Waals surface area contributed by atoms with E-state index in [-0.39, 0.29) is 23.6 Å². The van der Waals surface area contributed by atoms with Crippen molar-refractivity contribution in [3.05, 3.63) is 32.8 Å². The predicted molar refractivity (Wildman–Crippen MR) is 93.7 cm³/mol. The standard InChI is InChI=1S/C17H19ClF3N3O3/c18-13-8-14(15(24(26)27)7-12(13)17(19,20)21)22-11-5-6-23(9-11)16(25)10-3-1-2-4-10/h7-8,10-11,22H,1-6,9H2. The lowest BCUT2D eigenvalue weighted by Crippen LogP contribution is -2.35. The number of nitro benzene ring substituents is 1. The average Bonchev–Trinajstić information content (AvgIpc) is 3.24. The number of hydrogen-bond donors (Lipinski definition) is 1. The van der Waals surface area contributed by atoms with E-state index in [1.807, 2.05) is 0 Å². The van der Waals surface area contributed by atoms with Crippen molar-refractivity contribution in [1.82, 2.24) is 4.90 Å². The molecule has 1 aliphatic heterocycles. The number of amides is 1. The first-order chi connectivity index (χ1) is 12.7. The minimum atomic E-state index is -4.78. The summed E-state index contributed by atoms with van der Waals surface area (Å²) in [7, 11) is 0. The molecule has 0 radical (unpaired) electrons. The van der Waals surface area contributed by atoms with E-state index in [2.05, 4.69) is 5.32 Å². The Kier molecular flexibility index (Phi) is 5.50. The van der Waals surface area contributed by atoms with E-state index in [1.165, 1.54) is 0 Å². The third kappa shape index (κ3) is 4.28. The number of hydrogen-bond acceptors (Lipinski definition) is 4. The summed E-state index contributed by atoms with van der Waals surface area (Å²) in [6, 6.07) is 1.10. The van der Waals surface area contributed by atoms with Crippen LogP contribution in [0.5, 0.6) is 0 Å². The van der Waals surface area contributed by atoms with Crippen LogP contribution in [0.2, 0.25) is 5.02 Å². The Bertz CT molecular complexity index is 751. The lowest BCUT2D eigenvalue weighted by atomic mass is 10.1. The van der Waals surface area contributed by atoms with Gasteiger partial charge >= 0.3 is 6.18 Å². The Labute approximate surface area is 158 Å². The third-order valence-corrected chi connectivity index (χ3v) is 5.46. The fourth-order valence-electron chi connectivity index (χ4n) is 3.77. The van der Waals surface area contributed by atoms with Crippen molar-refractivity contribution >= 4 is 28.9 Å². The zero-order valence-electron chi connectivity index (χ0n) is 14.4. The van der Waals surface area contributed by atoms with Crippen molar-refractivity contribution < 1.29 is 22.9 Å². The van der Waals surface area contributed by atoms with Crippen molar-refractivity contribution in [2.75, 3.05) is 18.4 Å². The predicted octanol–water partition coefficient (Wildman–Crippen LogP) is 4.47. The molecule has 1 saturated heterocycles. The quantitative estimate of drug-likeness (QED) is 0.592. The average molecular weight is 406 g/mol. The van der Waals surface area contributed by atoms with Crippen LogP contribution in [0.25, 0.3) is 0 Å². The Morgan fingerprint density at radius 1 is 1.26 bits per heavy atom. The van der Waals surface area contributed by atoms with Gasteiger partial charge in [0.05, 0.1) is 15.5 Å². The maximum atomic E-state index is 12.9. The highest BCUT2D eigenvalue weighted by molar-refractivity contribution is 6.31. The zero-order chi connectivity index (χ0) is 19.8. The second-order valence-electron chi connectivity index (χ2n) is 7.00. The molecule has 1 saturated carbocycles. The van der Waals surface area contributed by atoms with Gasteiger partial charge in [0.25, 0.3) is 5.69 Å². The molecule has 1 atom stereocenters. The largest absolute Gasteiger partial charge is 0.418 e. The van der Waals surface area contributed by atoms with E-state index in [9.17, 15) is 28.1 Å². The Balaban J connectivity index is 1.74. The second kappa shape index (κ2) is 7.53. The summed E-state index contributed by atoms with van der Waals surface area (Å²) in [5.74, 6) is 0.135. The normalized spacial score (nSPS) is 20.9. The molecule has 0 aromatic heterocycles. The van der Waals surface area contributed by atoms with Gasteiger partial charge in [0.1, 0.15) is 5.69 Å². The molecule has 27 heavy (non-hydrogen) atoms. The molecule has 1 unspecified atom stereocenters. The maximum absolute atomic E-state index is 12.9. The van der Waals surface area contributed by atoms with Crippen molar-refractivity contribution in [3.63, 3.8) is 0 Å². The zero-order valence-corrected chi connectivity index (χ0v) is 15.1. The van der Waals surface area contributed by atoms with Gasteiger partial charge in [0.2, 0.25) is 5.91 Å². The van der Waals surface area contributed by atoms with Crippen molar-refractivity contribution in [1.29, 1.82) is 0 Å². The lowest BCUT2D eigenvalue weighted by molar-refractivity contribution is -0.384. The van der Waals surface area contributed by atoms with Crippen LogP contribution in [0.4, 0.5) is 24.5 Å². The summed E-state index contributed by atoms with van der Waals surface area (Å²) in [4.78, 5) is 24.6. The van der Waals surface area contributed by atoms with Crippen LogP contribution in [0.3, 0.4) is 0 Å². The Hall–Kier alpha value is -2.03. The number of rotatable bonds is 4. The lowest BCUT2D eigenvalue weighted by Gasteiger charge is -2.21. The molecule has 1 aromatic rings. The first-order valence-electron chi connectivity index (χ1n) is 8.77. The van der Waals surface area contributed by atoms with Gasteiger partial charge in [0, 0.05) is 31.1 Å². The van der Waals surface area contributed by atoms with E-state index >= 15 is 0 Å². The van der Waals surface area contributed by atoms with E-state index in [1.54, 1.807) is 4.90 Å². The van der Waals surface area contributed by atoms with Gasteiger partial charge in [-0.25, -0.2) is 0 Å². The molecule has 2 fully saturated rings. The van der Waals surface area contributed by atoms with Crippen LogP contribution in [-0.4, -0.2) is 34.9 Å². The first kappa shape index (κ1) is 19.7. The van der Waals surface area contributed by atoms with Crippen LogP contribution < -0.4 is 5.32 Å². The summed E-state index contributed by atoms with van der Waals surface area (Å²) in [6.07, 6.45) is -0.363. The number of nitrogens with one attached hydrogen (secondary N) is 1. The molecule has 1 aromatic carbocycles. The number of halogens is 4. The molecule has 1 N–H and O–H groups in total. The number of carbonyl (C=O) groups excluding carboxylic acids is 1. The van der Waals surface area contributed by atoms with Gasteiger partial charge < -0.3 is 10.2 Å². The summed E-state index contributed by atoms with van der Waals surface area (Å²) >= 11 is 5.69. The van der Waals surface area contributed by atoms with Crippen molar-refractivity contribution in [2.24, 2.45) is 5.92 Å². The van der Waals surface area contributed by atoms with Crippen LogP contribution in [0, 0.1) is 16.0 Å². The van der Waals surface area contributed by atoms with Crippen LogP contribution in [-0.2, 0) is 11.0 Å². The topological polar surface area (TPSA) is 75.5 Å². The number of carbonyl (C=O) groups is 1. The molecule has 1 heterocycles. The SMILES string of the molecule is O=C(C1CCCC1)N1CCC(Nc2cc(Cl)c(C(F)(F)F)cc2[N+](=O)[O-])C1. The minimum absolute atomic E-state index is 0.0404. The van der Waals surface area contributed by atoms with Gasteiger partial charge in [-0.3, -0.25) is 14.9 Å². The van der Waals surface area contributed by atoms with E-state index in [4.69, 9.17) is 11.6 Å². The van der Waals surface area contributed by atoms with Gasteiger partial charge in [-0.1, -0.05) is 24.4 Å². The number of benzene rings is 1. The molecule has 6 nitrogen and oxygen atoms in total. The molecule has 0 bridgehead atoms. The van der Waals surface area contributed by atoms with Crippen LogP contribution in [0.1, 0.15) is 37.7 Å². The molecular weight excluding hydrogens is 387 g/mol. The smallest absolute Gasteiger partial charge is 0.375 e. The second-order valence-corrected chi connectivity index (χ2v) is 7.41. The van der Waals surface area contributed by atoms with Gasteiger partial charge in [-0.2, -0.15) is 13.2 Å². The summed E-state index contributed by atoms with van der Waals surface area (Å²) in [5.41, 5.74) is -2.00. The molecule has 1 amide bonds. The van der Waals surface area contributed by atoms with Crippen LogP contribution >= 0.6 is 11.6 Å². The molecule has 10 heteroatoms. The summed E-state index contributed by atoms with van der Waals surface area (Å²) < 4.78 is 38.8. The molecule has 2 aliphatic rings. The van der Waals surface area contributed by atoms with E-state index < -0.39 is 27.4 Å². The van der Waals surface area contributed by atoms with Gasteiger partial charge in [0.15, 0.2) is 0 Å². The van der Waals surface area contributed by atoms with Crippen LogP contribution in [0.15, 0.2) is 12.1 Å². The highest BCUT2D eigenvalue weighted by atomic mass is 35.5. The van der Waals surface area contributed by atoms with Gasteiger partial charge in [-0.05, 0) is 25.3 Å². The number of likely N-dealkylation sites (tertiary alicyclic amines) is 1. The Morgan fingerprint density at radius 3 is 2.52 bits per heavy atom. The fourth-order valence-corrected chi connectivity index (χ4v) is 4.05. The van der Waals surface area contributed by atoms with Gasteiger partial charge in [-0.15, -0.1) is 0 Å². The molecule has 3 rings (SSSR count). The third-order valence-electron chi connectivity index (χ3n) is 5.15. The summed E-state index contributed by atoms with van der Waals surface area (Å²) in [6.45, 7) is 0.889. The first-order valence-corrected chi connectivity index (χ1v) is 9.15.